The highest BCUT2D eigenvalue weighted by molar-refractivity contribution is 6.17. The van der Waals surface area contributed by atoms with Crippen molar-refractivity contribution in [3.05, 3.63) is 0 Å². The molecule has 0 aromatic carbocycles. The summed E-state index contributed by atoms with van der Waals surface area (Å²) >= 11 is 5.73. The fourth-order valence-corrected chi connectivity index (χ4v) is 2.64. The molecule has 1 N–H and O–H groups in total. The molecule has 1 fully saturated rings. The first kappa shape index (κ1) is 14.8. The maximum Gasteiger partial charge on any atom is 0.225 e. The highest BCUT2D eigenvalue weighted by Crippen LogP contribution is 2.23. The zero-order chi connectivity index (χ0) is 12.7. The van der Waals surface area contributed by atoms with Crippen LogP contribution in [0.2, 0.25) is 0 Å². The number of amides is 1. The van der Waals surface area contributed by atoms with Crippen molar-refractivity contribution in [2.75, 3.05) is 19.0 Å². The zero-order valence-corrected chi connectivity index (χ0v) is 11.6. The Hall–Kier alpha value is -0.280. The van der Waals surface area contributed by atoms with Crippen molar-refractivity contribution >= 4 is 17.5 Å². The lowest BCUT2D eigenvalue weighted by Gasteiger charge is -2.19. The number of ether oxygens (including phenoxy) is 1. The summed E-state index contributed by atoms with van der Waals surface area (Å²) < 4.78 is 5.53. The average molecular weight is 262 g/mol. The topological polar surface area (TPSA) is 38.3 Å². The second-order valence-corrected chi connectivity index (χ2v) is 5.09. The molecular weight excluding hydrogens is 238 g/mol. The van der Waals surface area contributed by atoms with E-state index in [1.165, 1.54) is 0 Å². The summed E-state index contributed by atoms with van der Waals surface area (Å²) in [5.74, 6) is 1.37. The quantitative estimate of drug-likeness (QED) is 0.716. The lowest BCUT2D eigenvalue weighted by atomic mass is 9.97. The highest BCUT2D eigenvalue weighted by atomic mass is 35.5. The Morgan fingerprint density at radius 3 is 2.88 bits per heavy atom. The van der Waals surface area contributed by atoms with Crippen molar-refractivity contribution in [3.63, 3.8) is 0 Å². The molecule has 3 atom stereocenters. The number of rotatable bonds is 7. The third-order valence-corrected chi connectivity index (χ3v) is 3.83. The first-order chi connectivity index (χ1) is 8.22. The Bertz CT molecular complexity index is 235. The number of carbonyl (C=O) groups is 1. The Morgan fingerprint density at radius 2 is 2.29 bits per heavy atom. The van der Waals surface area contributed by atoms with Gasteiger partial charge in [-0.05, 0) is 25.2 Å². The number of alkyl halides is 1. The van der Waals surface area contributed by atoms with Crippen LogP contribution in [-0.4, -0.2) is 31.0 Å². The van der Waals surface area contributed by atoms with Gasteiger partial charge in [-0.1, -0.05) is 20.3 Å². The van der Waals surface area contributed by atoms with Crippen LogP contribution in [0.5, 0.6) is 0 Å². The van der Waals surface area contributed by atoms with Crippen LogP contribution in [0.15, 0.2) is 0 Å². The fourth-order valence-electron chi connectivity index (χ4n) is 2.33. The van der Waals surface area contributed by atoms with E-state index in [4.69, 9.17) is 16.3 Å². The van der Waals surface area contributed by atoms with Crippen LogP contribution in [-0.2, 0) is 9.53 Å². The van der Waals surface area contributed by atoms with E-state index in [0.717, 1.165) is 38.8 Å². The van der Waals surface area contributed by atoms with Crippen LogP contribution >= 0.6 is 11.6 Å². The summed E-state index contributed by atoms with van der Waals surface area (Å²) in [4.78, 5) is 12.0. The number of nitrogens with one attached hydrogen (secondary N) is 1. The molecule has 1 aliphatic heterocycles. The van der Waals surface area contributed by atoms with Crippen molar-refractivity contribution in [2.24, 2.45) is 11.8 Å². The number of hydrogen-bond acceptors (Lipinski definition) is 2. The maximum atomic E-state index is 12.0. The standard InChI is InChI=1S/C13H24ClNO2/c1-3-10(5-7-14)9-15-13(16)11-6-8-17-12(11)4-2/h10-12H,3-9H2,1-2H3,(H,15,16). The summed E-state index contributed by atoms with van der Waals surface area (Å²) in [7, 11) is 0. The van der Waals surface area contributed by atoms with Gasteiger partial charge in [-0.2, -0.15) is 0 Å². The van der Waals surface area contributed by atoms with Gasteiger partial charge in [0.25, 0.3) is 0 Å². The lowest BCUT2D eigenvalue weighted by molar-refractivity contribution is -0.126. The van der Waals surface area contributed by atoms with Gasteiger partial charge < -0.3 is 10.1 Å². The van der Waals surface area contributed by atoms with E-state index in [1.807, 2.05) is 0 Å². The van der Waals surface area contributed by atoms with Crippen LogP contribution in [0.25, 0.3) is 0 Å². The van der Waals surface area contributed by atoms with Crippen LogP contribution in [0, 0.1) is 11.8 Å². The minimum atomic E-state index is 0.0495. The van der Waals surface area contributed by atoms with Crippen LogP contribution in [0.1, 0.15) is 39.5 Å². The van der Waals surface area contributed by atoms with Gasteiger partial charge in [0.1, 0.15) is 0 Å². The van der Waals surface area contributed by atoms with Crippen LogP contribution in [0.3, 0.4) is 0 Å². The molecule has 0 radical (unpaired) electrons. The molecule has 0 aliphatic carbocycles. The molecule has 1 heterocycles. The molecule has 0 saturated carbocycles. The van der Waals surface area contributed by atoms with Crippen molar-refractivity contribution in [3.8, 4) is 0 Å². The second kappa shape index (κ2) is 7.93. The van der Waals surface area contributed by atoms with Crippen molar-refractivity contribution in [2.45, 2.75) is 45.6 Å². The summed E-state index contributed by atoms with van der Waals surface area (Å²) in [6, 6.07) is 0. The Kier molecular flexibility index (Phi) is 6.90. The largest absolute Gasteiger partial charge is 0.377 e. The molecule has 0 spiro atoms. The van der Waals surface area contributed by atoms with Gasteiger partial charge in [0.15, 0.2) is 0 Å². The van der Waals surface area contributed by atoms with Crippen molar-refractivity contribution in [1.29, 1.82) is 0 Å². The van der Waals surface area contributed by atoms with E-state index >= 15 is 0 Å². The van der Waals surface area contributed by atoms with Crippen LogP contribution in [0.4, 0.5) is 0 Å². The first-order valence-corrected chi connectivity index (χ1v) is 7.21. The Balaban J connectivity index is 2.33. The van der Waals surface area contributed by atoms with E-state index in [-0.39, 0.29) is 17.9 Å². The van der Waals surface area contributed by atoms with E-state index < -0.39 is 0 Å². The second-order valence-electron chi connectivity index (χ2n) is 4.71. The molecule has 0 aromatic rings. The third kappa shape index (κ3) is 4.47. The first-order valence-electron chi connectivity index (χ1n) is 6.68. The van der Waals surface area contributed by atoms with Gasteiger partial charge in [0.05, 0.1) is 12.0 Å². The zero-order valence-electron chi connectivity index (χ0n) is 10.9. The van der Waals surface area contributed by atoms with Gasteiger partial charge >= 0.3 is 0 Å². The van der Waals surface area contributed by atoms with E-state index in [0.29, 0.717) is 11.8 Å². The highest BCUT2D eigenvalue weighted by Gasteiger charge is 2.32. The molecule has 1 amide bonds. The normalized spacial score (nSPS) is 25.8. The lowest BCUT2D eigenvalue weighted by Crippen LogP contribution is -2.37. The van der Waals surface area contributed by atoms with Gasteiger partial charge in [0, 0.05) is 19.0 Å². The number of carbonyl (C=O) groups excluding carboxylic acids is 1. The smallest absolute Gasteiger partial charge is 0.225 e. The van der Waals surface area contributed by atoms with E-state index in [9.17, 15) is 4.79 Å². The van der Waals surface area contributed by atoms with Crippen molar-refractivity contribution in [1.82, 2.24) is 5.32 Å². The molecule has 0 bridgehead atoms. The van der Waals surface area contributed by atoms with Gasteiger partial charge in [-0.15, -0.1) is 11.6 Å². The van der Waals surface area contributed by atoms with Gasteiger partial charge in [-0.3, -0.25) is 4.79 Å². The Labute approximate surface area is 109 Å². The fraction of sp³-hybridized carbons (Fsp3) is 0.923. The Morgan fingerprint density at radius 1 is 1.53 bits per heavy atom. The minimum absolute atomic E-state index is 0.0495. The van der Waals surface area contributed by atoms with E-state index in [2.05, 4.69) is 19.2 Å². The van der Waals surface area contributed by atoms with Crippen LogP contribution < -0.4 is 5.32 Å². The summed E-state index contributed by atoms with van der Waals surface area (Å²) in [5.41, 5.74) is 0. The van der Waals surface area contributed by atoms with E-state index in [1.54, 1.807) is 0 Å². The molecule has 1 aliphatic rings. The predicted molar refractivity (Wildman–Crippen MR) is 70.3 cm³/mol. The molecule has 1 rings (SSSR count). The molecular formula is C13H24ClNO2. The maximum absolute atomic E-state index is 12.0. The average Bonchev–Trinajstić information content (AvgIpc) is 2.82. The van der Waals surface area contributed by atoms with Crippen molar-refractivity contribution < 1.29 is 9.53 Å². The minimum Gasteiger partial charge on any atom is -0.377 e. The summed E-state index contributed by atoms with van der Waals surface area (Å²) in [6.45, 7) is 5.67. The summed E-state index contributed by atoms with van der Waals surface area (Å²) in [5, 5.41) is 3.05. The van der Waals surface area contributed by atoms with Gasteiger partial charge in [-0.25, -0.2) is 0 Å². The molecule has 100 valence electrons. The monoisotopic (exact) mass is 261 g/mol. The molecule has 17 heavy (non-hydrogen) atoms. The molecule has 3 nitrogen and oxygen atoms in total. The SMILES string of the molecule is CCC(CCCl)CNC(=O)C1CCOC1CC. The molecule has 1 saturated heterocycles. The predicted octanol–water partition coefficient (Wildman–Crippen LogP) is 2.57. The molecule has 4 heteroatoms. The number of hydrogen-bond donors (Lipinski definition) is 1. The summed E-state index contributed by atoms with van der Waals surface area (Å²) in [6.07, 6.45) is 3.92. The number of halogens is 1. The van der Waals surface area contributed by atoms with Gasteiger partial charge in [0.2, 0.25) is 5.91 Å². The molecule has 0 aromatic heterocycles. The third-order valence-electron chi connectivity index (χ3n) is 3.61. The molecule has 3 unspecified atom stereocenters.